The summed E-state index contributed by atoms with van der Waals surface area (Å²) in [5, 5.41) is 5.23. The van der Waals surface area contributed by atoms with Crippen molar-refractivity contribution in [1.29, 1.82) is 0 Å². The summed E-state index contributed by atoms with van der Waals surface area (Å²) in [5.74, 6) is 0.380. The van der Waals surface area contributed by atoms with Gasteiger partial charge in [-0.05, 0) is 25.0 Å². The number of anilines is 1. The molecule has 1 aliphatic heterocycles. The van der Waals surface area contributed by atoms with Crippen molar-refractivity contribution in [3.8, 4) is 11.5 Å². The Kier molecular flexibility index (Phi) is 4.10. The van der Waals surface area contributed by atoms with Crippen LogP contribution in [0.4, 0.5) is 5.13 Å². The number of amides is 2. The molecule has 0 bridgehead atoms. The first-order valence-electron chi connectivity index (χ1n) is 8.30. The van der Waals surface area contributed by atoms with Crippen molar-refractivity contribution in [1.82, 2.24) is 9.88 Å². The summed E-state index contributed by atoms with van der Waals surface area (Å²) < 4.78 is 5.30. The van der Waals surface area contributed by atoms with Crippen LogP contribution in [0.2, 0.25) is 0 Å². The summed E-state index contributed by atoms with van der Waals surface area (Å²) in [6.45, 7) is 0.533. The molecule has 3 heterocycles. The second-order valence-electron chi connectivity index (χ2n) is 6.39. The number of likely N-dealkylation sites (tertiary alicyclic amines) is 1. The van der Waals surface area contributed by atoms with Crippen molar-refractivity contribution in [2.24, 2.45) is 5.92 Å². The van der Waals surface area contributed by atoms with Gasteiger partial charge in [0, 0.05) is 24.4 Å². The summed E-state index contributed by atoms with van der Waals surface area (Å²) in [6.07, 6.45) is 6.39. The highest BCUT2D eigenvalue weighted by Gasteiger charge is 2.38. The predicted octanol–water partition coefficient (Wildman–Crippen LogP) is 3.13. The monoisotopic (exact) mass is 345 g/mol. The van der Waals surface area contributed by atoms with E-state index in [1.807, 2.05) is 16.3 Å². The maximum atomic E-state index is 12.5. The van der Waals surface area contributed by atoms with E-state index in [-0.39, 0.29) is 17.7 Å². The molecule has 126 valence electrons. The third kappa shape index (κ3) is 2.96. The number of carbonyl (C=O) groups is 2. The molecule has 2 amide bonds. The number of rotatable bonds is 4. The largest absolute Gasteiger partial charge is 0.463 e. The first-order chi connectivity index (χ1) is 11.7. The van der Waals surface area contributed by atoms with Crippen molar-refractivity contribution in [3.05, 3.63) is 23.8 Å². The standard InChI is InChI=1S/C17H19N3O3S/c21-15-8-11(9-20(15)12-4-1-2-5-12)16(22)19-17-18-13(10-24-17)14-6-3-7-23-14/h3,6-7,10-12H,1-2,4-5,8-9H2,(H,18,19,22)/t11-/m1/s1. The molecule has 0 unspecified atom stereocenters. The van der Waals surface area contributed by atoms with E-state index in [4.69, 9.17) is 4.42 Å². The molecule has 2 aromatic heterocycles. The second kappa shape index (κ2) is 6.39. The van der Waals surface area contributed by atoms with Gasteiger partial charge in [-0.15, -0.1) is 11.3 Å². The molecule has 0 spiro atoms. The number of aromatic nitrogens is 1. The van der Waals surface area contributed by atoms with Gasteiger partial charge in [0.2, 0.25) is 11.8 Å². The molecular weight excluding hydrogens is 326 g/mol. The minimum atomic E-state index is -0.283. The summed E-state index contributed by atoms with van der Waals surface area (Å²) >= 11 is 1.36. The lowest BCUT2D eigenvalue weighted by atomic mass is 10.1. The van der Waals surface area contributed by atoms with Gasteiger partial charge in [-0.1, -0.05) is 12.8 Å². The molecule has 1 atom stereocenters. The van der Waals surface area contributed by atoms with Crippen molar-refractivity contribution in [3.63, 3.8) is 0 Å². The maximum Gasteiger partial charge on any atom is 0.231 e. The number of furan rings is 1. The fourth-order valence-electron chi connectivity index (χ4n) is 3.55. The zero-order valence-electron chi connectivity index (χ0n) is 13.2. The SMILES string of the molecule is O=C(Nc1nc(-c2ccco2)cs1)[C@@H]1CC(=O)N(C2CCCC2)C1. The van der Waals surface area contributed by atoms with Gasteiger partial charge in [0.05, 0.1) is 12.2 Å². The number of hydrogen-bond donors (Lipinski definition) is 1. The van der Waals surface area contributed by atoms with E-state index in [0.29, 0.717) is 35.6 Å². The lowest BCUT2D eigenvalue weighted by molar-refractivity contribution is -0.129. The number of carbonyl (C=O) groups excluding carboxylic acids is 2. The fraction of sp³-hybridized carbons (Fsp3) is 0.471. The average molecular weight is 345 g/mol. The van der Waals surface area contributed by atoms with Crippen LogP contribution in [0.25, 0.3) is 11.5 Å². The molecule has 4 rings (SSSR count). The highest BCUT2D eigenvalue weighted by atomic mass is 32.1. The van der Waals surface area contributed by atoms with Crippen LogP contribution in [0.15, 0.2) is 28.2 Å². The Morgan fingerprint density at radius 2 is 2.21 bits per heavy atom. The highest BCUT2D eigenvalue weighted by Crippen LogP contribution is 2.31. The van der Waals surface area contributed by atoms with E-state index in [1.54, 1.807) is 12.3 Å². The van der Waals surface area contributed by atoms with E-state index in [9.17, 15) is 9.59 Å². The molecule has 1 aliphatic carbocycles. The molecule has 2 aromatic rings. The first-order valence-corrected chi connectivity index (χ1v) is 9.18. The highest BCUT2D eigenvalue weighted by molar-refractivity contribution is 7.14. The summed E-state index contributed by atoms with van der Waals surface area (Å²) in [5.41, 5.74) is 0.704. The van der Waals surface area contributed by atoms with E-state index in [1.165, 1.54) is 24.2 Å². The van der Waals surface area contributed by atoms with E-state index in [0.717, 1.165) is 12.8 Å². The van der Waals surface area contributed by atoms with Crippen LogP contribution < -0.4 is 5.32 Å². The Hall–Kier alpha value is -2.15. The number of nitrogens with zero attached hydrogens (tertiary/aromatic N) is 2. The molecule has 7 heteroatoms. The molecule has 0 radical (unpaired) electrons. The molecule has 1 N–H and O–H groups in total. The zero-order valence-corrected chi connectivity index (χ0v) is 14.1. The average Bonchev–Trinajstić information content (AvgIpc) is 3.34. The van der Waals surface area contributed by atoms with E-state index >= 15 is 0 Å². The van der Waals surface area contributed by atoms with Gasteiger partial charge in [-0.2, -0.15) is 0 Å². The number of nitrogens with one attached hydrogen (secondary N) is 1. The van der Waals surface area contributed by atoms with Crippen molar-refractivity contribution in [2.75, 3.05) is 11.9 Å². The van der Waals surface area contributed by atoms with Gasteiger partial charge < -0.3 is 14.6 Å². The summed E-state index contributed by atoms with van der Waals surface area (Å²) in [7, 11) is 0. The third-order valence-electron chi connectivity index (χ3n) is 4.80. The van der Waals surface area contributed by atoms with E-state index < -0.39 is 0 Å². The van der Waals surface area contributed by atoms with Gasteiger partial charge in [0.15, 0.2) is 10.9 Å². The third-order valence-corrected chi connectivity index (χ3v) is 5.56. The van der Waals surface area contributed by atoms with Crippen LogP contribution in [0.1, 0.15) is 32.1 Å². The molecule has 24 heavy (non-hydrogen) atoms. The predicted molar refractivity (Wildman–Crippen MR) is 90.5 cm³/mol. The fourth-order valence-corrected chi connectivity index (χ4v) is 4.25. The smallest absolute Gasteiger partial charge is 0.231 e. The minimum absolute atomic E-state index is 0.109. The Bertz CT molecular complexity index is 734. The van der Waals surface area contributed by atoms with Crippen molar-refractivity contribution >= 4 is 28.3 Å². The van der Waals surface area contributed by atoms with Gasteiger partial charge in [0.1, 0.15) is 5.69 Å². The molecular formula is C17H19N3O3S. The zero-order chi connectivity index (χ0) is 16.5. The van der Waals surface area contributed by atoms with Gasteiger partial charge in [-0.25, -0.2) is 4.98 Å². The van der Waals surface area contributed by atoms with Crippen molar-refractivity contribution < 1.29 is 14.0 Å². The lowest BCUT2D eigenvalue weighted by Gasteiger charge is -2.23. The molecule has 0 aromatic carbocycles. The van der Waals surface area contributed by atoms with Crippen LogP contribution in [0.3, 0.4) is 0 Å². The Balaban J connectivity index is 1.39. The molecule has 2 fully saturated rings. The number of hydrogen-bond acceptors (Lipinski definition) is 5. The first kappa shape index (κ1) is 15.4. The number of thiazole rings is 1. The normalized spacial score (nSPS) is 21.6. The van der Waals surface area contributed by atoms with Gasteiger partial charge in [0.25, 0.3) is 0 Å². The van der Waals surface area contributed by atoms with Crippen LogP contribution in [-0.4, -0.2) is 34.3 Å². The Labute approximate surface area is 143 Å². The Morgan fingerprint density at radius 3 is 2.96 bits per heavy atom. The quantitative estimate of drug-likeness (QED) is 0.924. The molecule has 2 aliphatic rings. The molecule has 6 nitrogen and oxygen atoms in total. The topological polar surface area (TPSA) is 75.4 Å². The van der Waals surface area contributed by atoms with E-state index in [2.05, 4.69) is 10.3 Å². The maximum absolute atomic E-state index is 12.5. The van der Waals surface area contributed by atoms with Crippen LogP contribution in [0, 0.1) is 5.92 Å². The van der Waals surface area contributed by atoms with Crippen LogP contribution in [0.5, 0.6) is 0 Å². The van der Waals surface area contributed by atoms with Crippen LogP contribution >= 0.6 is 11.3 Å². The summed E-state index contributed by atoms with van der Waals surface area (Å²) in [4.78, 5) is 31.0. The summed E-state index contributed by atoms with van der Waals surface area (Å²) in [6, 6.07) is 3.96. The Morgan fingerprint density at radius 1 is 1.38 bits per heavy atom. The van der Waals surface area contributed by atoms with Crippen LogP contribution in [-0.2, 0) is 9.59 Å². The van der Waals surface area contributed by atoms with Crippen molar-refractivity contribution in [2.45, 2.75) is 38.1 Å². The second-order valence-corrected chi connectivity index (χ2v) is 7.25. The lowest BCUT2D eigenvalue weighted by Crippen LogP contribution is -2.35. The van der Waals surface area contributed by atoms with Gasteiger partial charge in [-0.3, -0.25) is 9.59 Å². The molecule has 1 saturated heterocycles. The minimum Gasteiger partial charge on any atom is -0.463 e. The van der Waals surface area contributed by atoms with Gasteiger partial charge >= 0.3 is 0 Å². The molecule has 1 saturated carbocycles.